The van der Waals surface area contributed by atoms with Crippen molar-refractivity contribution in [2.24, 2.45) is 13.0 Å². The number of aryl methyl sites for hydroxylation is 1. The summed E-state index contributed by atoms with van der Waals surface area (Å²) >= 11 is 3.28. The quantitative estimate of drug-likeness (QED) is 0.833. The van der Waals surface area contributed by atoms with Crippen molar-refractivity contribution < 1.29 is 9.59 Å². The largest absolute Gasteiger partial charge is 0.345 e. The van der Waals surface area contributed by atoms with E-state index in [1.165, 1.54) is 0 Å². The van der Waals surface area contributed by atoms with Gasteiger partial charge in [-0.2, -0.15) is 0 Å². The molecular weight excluding hydrogens is 286 g/mol. The predicted octanol–water partition coefficient (Wildman–Crippen LogP) is 1.59. The highest BCUT2D eigenvalue weighted by molar-refractivity contribution is 9.10. The summed E-state index contributed by atoms with van der Waals surface area (Å²) in [5.41, 5.74) is 5.26. The van der Waals surface area contributed by atoms with Crippen molar-refractivity contribution in [2.45, 2.75) is 20.3 Å². The normalized spacial score (nSPS) is 12.0. The Kier molecular flexibility index (Phi) is 4.74. The van der Waals surface area contributed by atoms with Crippen LogP contribution in [0.2, 0.25) is 0 Å². The van der Waals surface area contributed by atoms with Crippen molar-refractivity contribution in [1.82, 2.24) is 15.4 Å². The fourth-order valence-corrected chi connectivity index (χ4v) is 1.76. The predicted molar refractivity (Wildman–Crippen MR) is 68.2 cm³/mol. The average Bonchev–Trinajstić information content (AvgIpc) is 2.63. The summed E-state index contributed by atoms with van der Waals surface area (Å²) in [6.45, 7) is 3.72. The lowest BCUT2D eigenvalue weighted by Gasteiger charge is -2.11. The molecule has 17 heavy (non-hydrogen) atoms. The van der Waals surface area contributed by atoms with Crippen molar-refractivity contribution in [1.29, 1.82) is 0 Å². The van der Waals surface area contributed by atoms with E-state index >= 15 is 0 Å². The van der Waals surface area contributed by atoms with Gasteiger partial charge in [-0.3, -0.25) is 20.4 Å². The molecule has 1 unspecified atom stereocenters. The highest BCUT2D eigenvalue weighted by Crippen LogP contribution is 2.13. The van der Waals surface area contributed by atoms with E-state index in [2.05, 4.69) is 26.8 Å². The fourth-order valence-electron chi connectivity index (χ4n) is 1.24. The average molecular weight is 302 g/mol. The van der Waals surface area contributed by atoms with Gasteiger partial charge in [0.15, 0.2) is 0 Å². The molecule has 6 heteroatoms. The molecule has 0 aromatic carbocycles. The minimum atomic E-state index is -0.338. The summed E-state index contributed by atoms with van der Waals surface area (Å²) in [5, 5.41) is 0. The zero-order chi connectivity index (χ0) is 13.0. The topological polar surface area (TPSA) is 63.1 Å². The molecule has 1 heterocycles. The second-order valence-corrected chi connectivity index (χ2v) is 4.82. The van der Waals surface area contributed by atoms with Crippen molar-refractivity contribution >= 4 is 27.7 Å². The van der Waals surface area contributed by atoms with Gasteiger partial charge in [-0.1, -0.05) is 13.8 Å². The Morgan fingerprint density at radius 3 is 2.59 bits per heavy atom. The van der Waals surface area contributed by atoms with E-state index in [1.807, 2.05) is 6.92 Å². The SMILES string of the molecule is CCC(C)C(=O)NNC(=O)c1cc(Br)cn1C. The Morgan fingerprint density at radius 1 is 1.47 bits per heavy atom. The third-order valence-electron chi connectivity index (χ3n) is 2.56. The Labute approximate surface area is 109 Å². The number of aromatic nitrogens is 1. The Balaban J connectivity index is 2.56. The van der Waals surface area contributed by atoms with Crippen molar-refractivity contribution in [3.8, 4) is 0 Å². The number of hydrogen-bond donors (Lipinski definition) is 2. The van der Waals surface area contributed by atoms with Crippen LogP contribution in [0.5, 0.6) is 0 Å². The molecule has 2 N–H and O–H groups in total. The van der Waals surface area contributed by atoms with Gasteiger partial charge in [0, 0.05) is 23.6 Å². The Morgan fingerprint density at radius 2 is 2.12 bits per heavy atom. The summed E-state index contributed by atoms with van der Waals surface area (Å²) in [7, 11) is 1.76. The van der Waals surface area contributed by atoms with Gasteiger partial charge in [-0.15, -0.1) is 0 Å². The lowest BCUT2D eigenvalue weighted by molar-refractivity contribution is -0.125. The summed E-state index contributed by atoms with van der Waals surface area (Å²) in [5.74, 6) is -0.639. The van der Waals surface area contributed by atoms with Gasteiger partial charge >= 0.3 is 0 Å². The molecular formula is C11H16BrN3O2. The maximum absolute atomic E-state index is 11.7. The van der Waals surface area contributed by atoms with Crippen molar-refractivity contribution in [3.63, 3.8) is 0 Å². The van der Waals surface area contributed by atoms with Crippen LogP contribution in [0.3, 0.4) is 0 Å². The molecule has 5 nitrogen and oxygen atoms in total. The Hall–Kier alpha value is -1.30. The van der Waals surface area contributed by atoms with Gasteiger partial charge < -0.3 is 4.57 Å². The molecule has 2 amide bonds. The van der Waals surface area contributed by atoms with E-state index in [-0.39, 0.29) is 17.7 Å². The minimum absolute atomic E-state index is 0.115. The van der Waals surface area contributed by atoms with E-state index in [0.717, 1.165) is 10.9 Å². The van der Waals surface area contributed by atoms with E-state index in [4.69, 9.17) is 0 Å². The Bertz CT molecular complexity index is 428. The van der Waals surface area contributed by atoms with Crippen LogP contribution < -0.4 is 10.9 Å². The molecule has 1 aromatic heterocycles. The molecule has 1 aromatic rings. The number of halogens is 1. The number of nitrogens with zero attached hydrogens (tertiary/aromatic N) is 1. The molecule has 1 rings (SSSR count). The summed E-state index contributed by atoms with van der Waals surface area (Å²) in [4.78, 5) is 23.2. The standard InChI is InChI=1S/C11H16BrN3O2/c1-4-7(2)10(16)13-14-11(17)9-5-8(12)6-15(9)3/h5-7H,4H2,1-3H3,(H,13,16)(H,14,17). The van der Waals surface area contributed by atoms with Gasteiger partial charge in [-0.25, -0.2) is 0 Å². The minimum Gasteiger partial charge on any atom is -0.345 e. The van der Waals surface area contributed by atoms with E-state index in [9.17, 15) is 9.59 Å². The van der Waals surface area contributed by atoms with Crippen molar-refractivity contribution in [2.75, 3.05) is 0 Å². The molecule has 0 radical (unpaired) electrons. The zero-order valence-electron chi connectivity index (χ0n) is 10.1. The molecule has 1 atom stereocenters. The molecule has 94 valence electrons. The van der Waals surface area contributed by atoms with Crippen LogP contribution in [0.4, 0.5) is 0 Å². The number of carbonyl (C=O) groups is 2. The first-order chi connectivity index (χ1) is 7.95. The molecule has 0 saturated carbocycles. The van der Waals surface area contributed by atoms with Gasteiger partial charge in [0.1, 0.15) is 5.69 Å². The third-order valence-corrected chi connectivity index (χ3v) is 3.00. The van der Waals surface area contributed by atoms with Crippen LogP contribution in [0, 0.1) is 5.92 Å². The number of hydrogen-bond acceptors (Lipinski definition) is 2. The third kappa shape index (κ3) is 3.59. The summed E-state index contributed by atoms with van der Waals surface area (Å²) in [6, 6.07) is 1.69. The molecule has 0 aliphatic heterocycles. The first kappa shape index (κ1) is 13.8. The van der Waals surface area contributed by atoms with Crippen LogP contribution in [0.1, 0.15) is 30.8 Å². The summed E-state index contributed by atoms with van der Waals surface area (Å²) < 4.78 is 2.49. The maximum Gasteiger partial charge on any atom is 0.286 e. The molecule has 0 saturated heterocycles. The van der Waals surface area contributed by atoms with Gasteiger partial charge in [0.05, 0.1) is 0 Å². The van der Waals surface area contributed by atoms with Gasteiger partial charge in [-0.05, 0) is 28.4 Å². The van der Waals surface area contributed by atoms with Crippen molar-refractivity contribution in [3.05, 3.63) is 22.4 Å². The second kappa shape index (κ2) is 5.86. The van der Waals surface area contributed by atoms with Crippen LogP contribution in [-0.4, -0.2) is 16.4 Å². The summed E-state index contributed by atoms with van der Waals surface area (Å²) in [6.07, 6.45) is 2.50. The number of rotatable bonds is 3. The molecule has 0 spiro atoms. The first-order valence-corrected chi connectivity index (χ1v) is 6.17. The van der Waals surface area contributed by atoms with Crippen LogP contribution >= 0.6 is 15.9 Å². The second-order valence-electron chi connectivity index (χ2n) is 3.91. The van der Waals surface area contributed by atoms with Gasteiger partial charge in [0.25, 0.3) is 5.91 Å². The lowest BCUT2D eigenvalue weighted by atomic mass is 10.1. The number of nitrogens with one attached hydrogen (secondary N) is 2. The zero-order valence-corrected chi connectivity index (χ0v) is 11.7. The molecule has 0 fully saturated rings. The van der Waals surface area contributed by atoms with E-state index < -0.39 is 0 Å². The first-order valence-electron chi connectivity index (χ1n) is 5.37. The maximum atomic E-state index is 11.7. The van der Waals surface area contributed by atoms with E-state index in [1.54, 1.807) is 30.8 Å². The number of hydrazine groups is 1. The highest BCUT2D eigenvalue weighted by Gasteiger charge is 2.14. The molecule has 0 aliphatic carbocycles. The lowest BCUT2D eigenvalue weighted by Crippen LogP contribution is -2.44. The molecule has 0 bridgehead atoms. The monoisotopic (exact) mass is 301 g/mol. The van der Waals surface area contributed by atoms with Crippen LogP contribution in [0.15, 0.2) is 16.7 Å². The van der Waals surface area contributed by atoms with Crippen LogP contribution in [0.25, 0.3) is 0 Å². The van der Waals surface area contributed by atoms with Crippen LogP contribution in [-0.2, 0) is 11.8 Å². The van der Waals surface area contributed by atoms with Gasteiger partial charge in [0.2, 0.25) is 5.91 Å². The number of carbonyl (C=O) groups excluding carboxylic acids is 2. The number of amides is 2. The van der Waals surface area contributed by atoms with E-state index in [0.29, 0.717) is 5.69 Å². The molecule has 0 aliphatic rings. The highest BCUT2D eigenvalue weighted by atomic mass is 79.9. The fraction of sp³-hybridized carbons (Fsp3) is 0.455. The smallest absolute Gasteiger partial charge is 0.286 e.